The van der Waals surface area contributed by atoms with Gasteiger partial charge >= 0.3 is 11.7 Å². The third-order valence-corrected chi connectivity index (χ3v) is 3.99. The largest absolute Gasteiger partial charge is 0.475 e. The molecule has 1 aromatic rings. The van der Waals surface area contributed by atoms with Gasteiger partial charge in [-0.2, -0.15) is 0 Å². The van der Waals surface area contributed by atoms with Crippen molar-refractivity contribution in [2.45, 2.75) is 44.6 Å². The summed E-state index contributed by atoms with van der Waals surface area (Å²) in [7, 11) is 0. The molecule has 1 aromatic carbocycles. The van der Waals surface area contributed by atoms with Crippen LogP contribution in [0.3, 0.4) is 0 Å². The van der Waals surface area contributed by atoms with E-state index in [1.165, 1.54) is 31.0 Å². The van der Waals surface area contributed by atoms with Gasteiger partial charge in [0.1, 0.15) is 0 Å². The zero-order valence-corrected chi connectivity index (χ0v) is 13.9. The number of hydrogen-bond donors (Lipinski definition) is 1. The molecule has 0 atom stereocenters. The Morgan fingerprint density at radius 2 is 1.80 bits per heavy atom. The molecular weight excluding hydrogens is 328 g/mol. The van der Waals surface area contributed by atoms with Gasteiger partial charge < -0.3 is 14.8 Å². The predicted octanol–water partition coefficient (Wildman–Crippen LogP) is 2.36. The van der Waals surface area contributed by atoms with E-state index >= 15 is 0 Å². The predicted molar refractivity (Wildman–Crippen MR) is 89.2 cm³/mol. The second-order valence-electron chi connectivity index (χ2n) is 5.93. The Hall–Kier alpha value is -2.64. The molecule has 136 valence electrons. The Labute approximate surface area is 145 Å². The molecule has 1 amide bonds. The van der Waals surface area contributed by atoms with E-state index < -0.39 is 17.5 Å². The average Bonchev–Trinajstić information content (AvgIpc) is 2.87. The van der Waals surface area contributed by atoms with E-state index in [0.717, 1.165) is 25.7 Å². The van der Waals surface area contributed by atoms with E-state index in [4.69, 9.17) is 9.47 Å². The lowest BCUT2D eigenvalue weighted by Gasteiger charge is -2.16. The number of nitro groups is 1. The second kappa shape index (κ2) is 9.61. The number of benzene rings is 1. The van der Waals surface area contributed by atoms with E-state index in [-0.39, 0.29) is 30.0 Å². The van der Waals surface area contributed by atoms with Crippen LogP contribution in [0, 0.1) is 10.1 Å². The van der Waals surface area contributed by atoms with Gasteiger partial charge in [0.2, 0.25) is 0 Å². The maximum atomic E-state index is 11.8. The maximum Gasteiger partial charge on any atom is 0.344 e. The fourth-order valence-electron chi connectivity index (χ4n) is 2.75. The summed E-state index contributed by atoms with van der Waals surface area (Å²) < 4.78 is 9.96. The third kappa shape index (κ3) is 6.40. The zero-order chi connectivity index (χ0) is 18.1. The van der Waals surface area contributed by atoms with Crippen molar-refractivity contribution in [1.82, 2.24) is 5.32 Å². The number of esters is 1. The number of nitrogens with one attached hydrogen (secondary N) is 1. The van der Waals surface area contributed by atoms with Gasteiger partial charge in [-0.1, -0.05) is 37.8 Å². The minimum absolute atomic E-state index is 0.0210. The highest BCUT2D eigenvalue weighted by Crippen LogP contribution is 2.25. The van der Waals surface area contributed by atoms with Crippen molar-refractivity contribution in [2.24, 2.45) is 0 Å². The van der Waals surface area contributed by atoms with Crippen LogP contribution >= 0.6 is 0 Å². The Balaban J connectivity index is 1.71. The summed E-state index contributed by atoms with van der Waals surface area (Å²) in [6.07, 6.45) is 6.44. The SMILES string of the molecule is O=C(COC(=O)COc1ccccc1[N+](=O)[O-])NC1CCCCCC1. The zero-order valence-electron chi connectivity index (χ0n) is 13.9. The Morgan fingerprint density at radius 1 is 1.12 bits per heavy atom. The highest BCUT2D eigenvalue weighted by molar-refractivity contribution is 5.81. The number of ether oxygens (including phenoxy) is 2. The quantitative estimate of drug-likeness (QED) is 0.350. The average molecular weight is 350 g/mol. The van der Waals surface area contributed by atoms with Gasteiger partial charge in [-0.25, -0.2) is 4.79 Å². The van der Waals surface area contributed by atoms with Crippen molar-refractivity contribution < 1.29 is 24.0 Å². The Bertz CT molecular complexity index is 611. The molecule has 0 aliphatic heterocycles. The minimum Gasteiger partial charge on any atom is -0.475 e. The molecule has 1 fully saturated rings. The summed E-state index contributed by atoms with van der Waals surface area (Å²) in [6.45, 7) is -0.878. The molecule has 0 aromatic heterocycles. The van der Waals surface area contributed by atoms with Gasteiger partial charge in [0, 0.05) is 12.1 Å². The molecule has 1 aliphatic rings. The van der Waals surface area contributed by atoms with Crippen molar-refractivity contribution in [1.29, 1.82) is 0 Å². The second-order valence-corrected chi connectivity index (χ2v) is 5.93. The topological polar surface area (TPSA) is 108 Å². The van der Waals surface area contributed by atoms with Gasteiger partial charge in [0.25, 0.3) is 5.91 Å². The van der Waals surface area contributed by atoms with Crippen LogP contribution in [-0.2, 0) is 14.3 Å². The van der Waals surface area contributed by atoms with Crippen molar-refractivity contribution in [3.63, 3.8) is 0 Å². The molecule has 8 heteroatoms. The number of para-hydroxylation sites is 2. The first kappa shape index (κ1) is 18.7. The van der Waals surface area contributed by atoms with Crippen LogP contribution in [0.4, 0.5) is 5.69 Å². The minimum atomic E-state index is -0.755. The molecule has 25 heavy (non-hydrogen) atoms. The molecule has 8 nitrogen and oxygen atoms in total. The number of nitrogens with zero attached hydrogens (tertiary/aromatic N) is 1. The first-order valence-electron chi connectivity index (χ1n) is 8.37. The molecule has 1 N–H and O–H groups in total. The molecule has 0 saturated heterocycles. The summed E-state index contributed by atoms with van der Waals surface area (Å²) in [5, 5.41) is 13.7. The summed E-state index contributed by atoms with van der Waals surface area (Å²) in [6, 6.07) is 5.87. The fourth-order valence-corrected chi connectivity index (χ4v) is 2.75. The molecule has 0 heterocycles. The third-order valence-electron chi connectivity index (χ3n) is 3.99. The highest BCUT2D eigenvalue weighted by atomic mass is 16.6. The Morgan fingerprint density at radius 3 is 2.48 bits per heavy atom. The number of nitro benzene ring substituents is 1. The summed E-state index contributed by atoms with van der Waals surface area (Å²) in [5.74, 6) is -1.12. The number of carbonyl (C=O) groups excluding carboxylic acids is 2. The summed E-state index contributed by atoms with van der Waals surface area (Å²) >= 11 is 0. The maximum absolute atomic E-state index is 11.8. The molecule has 0 unspecified atom stereocenters. The number of hydrogen-bond acceptors (Lipinski definition) is 6. The van der Waals surface area contributed by atoms with Crippen LogP contribution in [0.2, 0.25) is 0 Å². The van der Waals surface area contributed by atoms with E-state index in [9.17, 15) is 19.7 Å². The normalized spacial score (nSPS) is 15.0. The van der Waals surface area contributed by atoms with Crippen molar-refractivity contribution in [3.8, 4) is 5.75 Å². The van der Waals surface area contributed by atoms with Gasteiger partial charge in [-0.05, 0) is 18.9 Å². The Kier molecular flexibility index (Phi) is 7.18. The van der Waals surface area contributed by atoms with Gasteiger partial charge in [-0.15, -0.1) is 0 Å². The van der Waals surface area contributed by atoms with Crippen LogP contribution in [0.15, 0.2) is 24.3 Å². The van der Waals surface area contributed by atoms with Crippen molar-refractivity contribution in [2.75, 3.05) is 13.2 Å². The number of amides is 1. The van der Waals surface area contributed by atoms with E-state index in [1.54, 1.807) is 6.07 Å². The molecular formula is C17H22N2O6. The molecule has 2 rings (SSSR count). The fraction of sp³-hybridized carbons (Fsp3) is 0.529. The molecule has 1 saturated carbocycles. The van der Waals surface area contributed by atoms with E-state index in [1.807, 2.05) is 0 Å². The monoisotopic (exact) mass is 350 g/mol. The van der Waals surface area contributed by atoms with Crippen LogP contribution in [-0.4, -0.2) is 36.1 Å². The number of rotatable bonds is 7. The molecule has 1 aliphatic carbocycles. The summed E-state index contributed by atoms with van der Waals surface area (Å²) in [5.41, 5.74) is -0.235. The lowest BCUT2D eigenvalue weighted by Crippen LogP contribution is -2.37. The van der Waals surface area contributed by atoms with Gasteiger partial charge in [0.15, 0.2) is 19.0 Å². The first-order chi connectivity index (χ1) is 12.1. The smallest absolute Gasteiger partial charge is 0.344 e. The van der Waals surface area contributed by atoms with Gasteiger partial charge in [0.05, 0.1) is 4.92 Å². The van der Waals surface area contributed by atoms with Crippen LogP contribution in [0.25, 0.3) is 0 Å². The summed E-state index contributed by atoms with van der Waals surface area (Å²) in [4.78, 5) is 33.7. The standard InChI is InChI=1S/C17H22N2O6/c20-16(18-13-7-3-1-2-4-8-13)11-25-17(21)12-24-15-10-6-5-9-14(15)19(22)23/h5-6,9-10,13H,1-4,7-8,11-12H2,(H,18,20). The molecule has 0 radical (unpaired) electrons. The molecule has 0 spiro atoms. The van der Waals surface area contributed by atoms with E-state index in [0.29, 0.717) is 0 Å². The molecule has 0 bridgehead atoms. The van der Waals surface area contributed by atoms with Crippen LogP contribution in [0.1, 0.15) is 38.5 Å². The van der Waals surface area contributed by atoms with Crippen LogP contribution < -0.4 is 10.1 Å². The highest BCUT2D eigenvalue weighted by Gasteiger charge is 2.17. The number of carbonyl (C=O) groups is 2. The van der Waals surface area contributed by atoms with Crippen molar-refractivity contribution >= 4 is 17.6 Å². The van der Waals surface area contributed by atoms with Crippen LogP contribution in [0.5, 0.6) is 5.75 Å². The van der Waals surface area contributed by atoms with E-state index in [2.05, 4.69) is 5.32 Å². The van der Waals surface area contributed by atoms with Gasteiger partial charge in [-0.3, -0.25) is 14.9 Å². The lowest BCUT2D eigenvalue weighted by molar-refractivity contribution is -0.385. The first-order valence-corrected chi connectivity index (χ1v) is 8.37. The lowest BCUT2D eigenvalue weighted by atomic mass is 10.1. The van der Waals surface area contributed by atoms with Crippen molar-refractivity contribution in [3.05, 3.63) is 34.4 Å².